The van der Waals surface area contributed by atoms with Gasteiger partial charge in [-0.05, 0) is 29.9 Å². The lowest BCUT2D eigenvalue weighted by atomic mass is 10.0. The van der Waals surface area contributed by atoms with Crippen molar-refractivity contribution in [2.45, 2.75) is 19.3 Å². The monoisotopic (exact) mass is 194 g/mol. The molecular formula is C11H14O3. The van der Waals surface area contributed by atoms with Gasteiger partial charge in [0.1, 0.15) is 11.5 Å². The molecule has 2 rings (SSSR count). The van der Waals surface area contributed by atoms with E-state index >= 15 is 0 Å². The SMILES string of the molecule is CC1(CO)CC1c1c(O)cccc1O. The van der Waals surface area contributed by atoms with Gasteiger partial charge < -0.3 is 15.3 Å². The van der Waals surface area contributed by atoms with Crippen LogP contribution in [0, 0.1) is 5.41 Å². The van der Waals surface area contributed by atoms with Crippen LogP contribution in [0.25, 0.3) is 0 Å². The Bertz CT molecular complexity index is 341. The molecule has 1 aliphatic rings. The molecule has 0 saturated heterocycles. The minimum absolute atomic E-state index is 0.0775. The highest BCUT2D eigenvalue weighted by atomic mass is 16.3. The largest absolute Gasteiger partial charge is 0.508 e. The van der Waals surface area contributed by atoms with Gasteiger partial charge in [0.15, 0.2) is 0 Å². The Balaban J connectivity index is 2.35. The van der Waals surface area contributed by atoms with Crippen molar-refractivity contribution >= 4 is 0 Å². The second-order valence-electron chi connectivity index (χ2n) is 4.28. The highest BCUT2D eigenvalue weighted by Gasteiger charge is 2.52. The lowest BCUT2D eigenvalue weighted by Crippen LogP contribution is -2.03. The Morgan fingerprint density at radius 2 is 1.93 bits per heavy atom. The zero-order chi connectivity index (χ0) is 10.3. The quantitative estimate of drug-likeness (QED) is 0.670. The van der Waals surface area contributed by atoms with E-state index in [1.807, 2.05) is 6.92 Å². The minimum atomic E-state index is -0.170. The molecule has 1 saturated carbocycles. The molecule has 0 radical (unpaired) electrons. The minimum Gasteiger partial charge on any atom is -0.508 e. The first-order valence-corrected chi connectivity index (χ1v) is 4.70. The standard InChI is InChI=1S/C11H14O3/c1-11(6-12)5-7(11)10-8(13)3-2-4-9(10)14/h2-4,7,12-14H,5-6H2,1H3. The number of hydrogen-bond acceptors (Lipinski definition) is 3. The molecule has 0 aliphatic heterocycles. The molecule has 0 amide bonds. The predicted octanol–water partition coefficient (Wildman–Crippen LogP) is 1.58. The van der Waals surface area contributed by atoms with Gasteiger partial charge in [-0.3, -0.25) is 0 Å². The van der Waals surface area contributed by atoms with Crippen LogP contribution in [-0.2, 0) is 0 Å². The zero-order valence-electron chi connectivity index (χ0n) is 8.07. The fourth-order valence-electron chi connectivity index (χ4n) is 1.93. The first kappa shape index (κ1) is 9.34. The summed E-state index contributed by atoms with van der Waals surface area (Å²) in [5, 5.41) is 28.3. The number of phenols is 2. The van der Waals surface area contributed by atoms with Crippen molar-refractivity contribution in [1.82, 2.24) is 0 Å². The number of phenolic OH excluding ortho intramolecular Hbond substituents is 2. The molecule has 0 spiro atoms. The van der Waals surface area contributed by atoms with Crippen LogP contribution in [0.15, 0.2) is 18.2 Å². The van der Waals surface area contributed by atoms with Gasteiger partial charge in [-0.1, -0.05) is 13.0 Å². The summed E-state index contributed by atoms with van der Waals surface area (Å²) in [6.45, 7) is 2.04. The second-order valence-corrected chi connectivity index (χ2v) is 4.28. The molecule has 1 aromatic carbocycles. The number of hydrogen-bond donors (Lipinski definition) is 3. The Kier molecular flexibility index (Phi) is 1.93. The molecule has 2 unspecified atom stereocenters. The van der Waals surface area contributed by atoms with E-state index in [4.69, 9.17) is 5.11 Å². The molecule has 1 aliphatic carbocycles. The van der Waals surface area contributed by atoms with Crippen molar-refractivity contribution in [2.24, 2.45) is 5.41 Å². The average Bonchev–Trinajstić information content (AvgIpc) is 2.79. The van der Waals surface area contributed by atoms with E-state index in [0.29, 0.717) is 5.56 Å². The molecule has 76 valence electrons. The topological polar surface area (TPSA) is 60.7 Å². The van der Waals surface area contributed by atoms with Crippen LogP contribution in [0.5, 0.6) is 11.5 Å². The van der Waals surface area contributed by atoms with E-state index in [0.717, 1.165) is 6.42 Å². The first-order valence-electron chi connectivity index (χ1n) is 4.70. The Morgan fingerprint density at radius 1 is 1.36 bits per heavy atom. The van der Waals surface area contributed by atoms with Crippen molar-refractivity contribution in [3.05, 3.63) is 23.8 Å². The normalized spacial score (nSPS) is 30.3. The maximum atomic E-state index is 9.59. The molecule has 3 heteroatoms. The lowest BCUT2D eigenvalue weighted by Gasteiger charge is -2.10. The van der Waals surface area contributed by atoms with Crippen molar-refractivity contribution < 1.29 is 15.3 Å². The third-order valence-electron chi connectivity index (χ3n) is 3.12. The fourth-order valence-corrected chi connectivity index (χ4v) is 1.93. The highest BCUT2D eigenvalue weighted by molar-refractivity contribution is 5.49. The maximum Gasteiger partial charge on any atom is 0.122 e. The van der Waals surface area contributed by atoms with E-state index in [9.17, 15) is 10.2 Å². The van der Waals surface area contributed by atoms with Gasteiger partial charge in [0.25, 0.3) is 0 Å². The van der Waals surface area contributed by atoms with E-state index in [2.05, 4.69) is 0 Å². The van der Waals surface area contributed by atoms with Gasteiger partial charge in [-0.2, -0.15) is 0 Å². The van der Waals surface area contributed by atoms with Crippen LogP contribution in [0.4, 0.5) is 0 Å². The first-order chi connectivity index (χ1) is 6.58. The van der Waals surface area contributed by atoms with Gasteiger partial charge in [0.05, 0.1) is 0 Å². The number of aromatic hydroxyl groups is 2. The molecule has 2 atom stereocenters. The Hall–Kier alpha value is -1.22. The number of aliphatic hydroxyl groups is 1. The molecule has 3 nitrogen and oxygen atoms in total. The van der Waals surface area contributed by atoms with E-state index in [-0.39, 0.29) is 29.4 Å². The smallest absolute Gasteiger partial charge is 0.122 e. The zero-order valence-corrected chi connectivity index (χ0v) is 8.07. The third-order valence-corrected chi connectivity index (χ3v) is 3.12. The molecule has 3 N–H and O–H groups in total. The number of benzene rings is 1. The maximum absolute atomic E-state index is 9.59. The number of rotatable bonds is 2. The van der Waals surface area contributed by atoms with Crippen LogP contribution >= 0.6 is 0 Å². The van der Waals surface area contributed by atoms with Crippen LogP contribution in [0.2, 0.25) is 0 Å². The van der Waals surface area contributed by atoms with Gasteiger partial charge >= 0.3 is 0 Å². The summed E-state index contributed by atoms with van der Waals surface area (Å²) in [6, 6.07) is 4.73. The third kappa shape index (κ3) is 1.24. The van der Waals surface area contributed by atoms with Crippen molar-refractivity contribution in [2.75, 3.05) is 6.61 Å². The predicted molar refractivity (Wildman–Crippen MR) is 52.3 cm³/mol. The van der Waals surface area contributed by atoms with Crippen LogP contribution in [0.1, 0.15) is 24.8 Å². The summed E-state index contributed by atoms with van der Waals surface area (Å²) < 4.78 is 0. The molecule has 1 aromatic rings. The molecule has 0 heterocycles. The van der Waals surface area contributed by atoms with Gasteiger partial charge in [-0.25, -0.2) is 0 Å². The highest BCUT2D eigenvalue weighted by Crippen LogP contribution is 2.62. The van der Waals surface area contributed by atoms with Gasteiger partial charge in [0, 0.05) is 12.2 Å². The molecule has 0 bridgehead atoms. The summed E-state index contributed by atoms with van der Waals surface area (Å²) in [5.41, 5.74) is 0.403. The van der Waals surface area contributed by atoms with E-state index < -0.39 is 0 Å². The Morgan fingerprint density at radius 3 is 2.36 bits per heavy atom. The van der Waals surface area contributed by atoms with Crippen molar-refractivity contribution in [3.63, 3.8) is 0 Å². The van der Waals surface area contributed by atoms with Gasteiger partial charge in [-0.15, -0.1) is 0 Å². The van der Waals surface area contributed by atoms with Crippen molar-refractivity contribution in [3.8, 4) is 11.5 Å². The summed E-state index contributed by atoms with van der Waals surface area (Å²) in [7, 11) is 0. The van der Waals surface area contributed by atoms with Crippen LogP contribution < -0.4 is 0 Å². The van der Waals surface area contributed by atoms with Crippen LogP contribution in [-0.4, -0.2) is 21.9 Å². The number of aliphatic hydroxyl groups excluding tert-OH is 1. The van der Waals surface area contributed by atoms with Gasteiger partial charge in [0.2, 0.25) is 0 Å². The second kappa shape index (κ2) is 2.89. The molecule has 0 aromatic heterocycles. The summed E-state index contributed by atoms with van der Waals surface area (Å²) in [5.74, 6) is 0.313. The summed E-state index contributed by atoms with van der Waals surface area (Å²) in [4.78, 5) is 0. The average molecular weight is 194 g/mol. The Labute approximate surface area is 82.6 Å². The van der Waals surface area contributed by atoms with Crippen LogP contribution in [0.3, 0.4) is 0 Å². The molecular weight excluding hydrogens is 180 g/mol. The van der Waals surface area contributed by atoms with Crippen molar-refractivity contribution in [1.29, 1.82) is 0 Å². The van der Waals surface area contributed by atoms with E-state index in [1.165, 1.54) is 0 Å². The fraction of sp³-hybridized carbons (Fsp3) is 0.455. The lowest BCUT2D eigenvalue weighted by molar-refractivity contribution is 0.219. The van der Waals surface area contributed by atoms with E-state index in [1.54, 1.807) is 18.2 Å². The summed E-state index contributed by atoms with van der Waals surface area (Å²) >= 11 is 0. The summed E-state index contributed by atoms with van der Waals surface area (Å²) in [6.07, 6.45) is 0.814. The molecule has 14 heavy (non-hydrogen) atoms. The molecule has 1 fully saturated rings.